The number of fused-ring (bicyclic) bond motifs is 2. The van der Waals surface area contributed by atoms with E-state index in [0.717, 1.165) is 42.9 Å². The van der Waals surface area contributed by atoms with Gasteiger partial charge < -0.3 is 14.8 Å². The van der Waals surface area contributed by atoms with E-state index in [4.69, 9.17) is 4.98 Å². The van der Waals surface area contributed by atoms with Crippen molar-refractivity contribution in [2.24, 2.45) is 13.0 Å². The second-order valence-electron chi connectivity index (χ2n) is 5.71. The van der Waals surface area contributed by atoms with Crippen LogP contribution < -0.4 is 10.2 Å². The molecule has 1 amide bonds. The first kappa shape index (κ1) is 11.8. The molecule has 2 fully saturated rings. The van der Waals surface area contributed by atoms with Gasteiger partial charge in [-0.05, 0) is 25.0 Å². The molecule has 4 rings (SSSR count). The number of hydrogen-bond donors (Lipinski definition) is 1. The lowest BCUT2D eigenvalue weighted by Crippen LogP contribution is -2.46. The Balaban J connectivity index is 1.78. The summed E-state index contributed by atoms with van der Waals surface area (Å²) in [5, 5.41) is 3.00. The topological polar surface area (TPSA) is 50.2 Å². The lowest BCUT2D eigenvalue weighted by molar-refractivity contribution is -0.123. The molecule has 2 aromatic rings. The molecule has 3 heterocycles. The summed E-state index contributed by atoms with van der Waals surface area (Å²) in [7, 11) is 2.05. The predicted octanol–water partition coefficient (Wildman–Crippen LogP) is 1.29. The minimum Gasteiger partial charge on any atom is -0.354 e. The van der Waals surface area contributed by atoms with E-state index in [1.165, 1.54) is 0 Å². The Morgan fingerprint density at radius 2 is 2.20 bits per heavy atom. The zero-order valence-corrected chi connectivity index (χ0v) is 11.5. The molecule has 2 aliphatic rings. The molecular formula is C15H18N4O. The van der Waals surface area contributed by atoms with E-state index in [-0.39, 0.29) is 17.9 Å². The Labute approximate surface area is 117 Å². The Bertz CT molecular complexity index is 678. The number of benzene rings is 1. The van der Waals surface area contributed by atoms with E-state index in [1.807, 2.05) is 18.2 Å². The monoisotopic (exact) mass is 270 g/mol. The average Bonchev–Trinajstić information content (AvgIpc) is 3.01. The smallest absolute Gasteiger partial charge is 0.225 e. The van der Waals surface area contributed by atoms with Crippen molar-refractivity contribution in [2.45, 2.75) is 18.9 Å². The number of anilines is 1. The van der Waals surface area contributed by atoms with Crippen molar-refractivity contribution < 1.29 is 4.79 Å². The maximum Gasteiger partial charge on any atom is 0.225 e. The van der Waals surface area contributed by atoms with Crippen molar-refractivity contribution in [3.05, 3.63) is 24.3 Å². The highest BCUT2D eigenvalue weighted by Crippen LogP contribution is 2.32. The van der Waals surface area contributed by atoms with Crippen LogP contribution in [0.1, 0.15) is 12.8 Å². The summed E-state index contributed by atoms with van der Waals surface area (Å²) < 4.78 is 2.14. The van der Waals surface area contributed by atoms with Gasteiger partial charge in [-0.3, -0.25) is 4.79 Å². The van der Waals surface area contributed by atoms with Crippen LogP contribution in [0.15, 0.2) is 24.3 Å². The molecule has 0 radical (unpaired) electrons. The molecule has 0 spiro atoms. The lowest BCUT2D eigenvalue weighted by Gasteiger charge is -2.36. The van der Waals surface area contributed by atoms with Gasteiger partial charge in [0.15, 0.2) is 0 Å². The molecule has 104 valence electrons. The van der Waals surface area contributed by atoms with Gasteiger partial charge in [-0.1, -0.05) is 12.1 Å². The number of carbonyl (C=O) groups excluding carboxylic acids is 1. The Morgan fingerprint density at radius 3 is 3.05 bits per heavy atom. The predicted molar refractivity (Wildman–Crippen MR) is 77.6 cm³/mol. The molecule has 0 unspecified atom stereocenters. The fourth-order valence-electron chi connectivity index (χ4n) is 3.59. The number of para-hydroxylation sites is 2. The number of hydrogen-bond acceptors (Lipinski definition) is 3. The van der Waals surface area contributed by atoms with E-state index < -0.39 is 0 Å². The van der Waals surface area contributed by atoms with Crippen LogP contribution in [0.2, 0.25) is 0 Å². The second kappa shape index (κ2) is 4.23. The normalized spacial score (nSPS) is 25.9. The third kappa shape index (κ3) is 1.55. The van der Waals surface area contributed by atoms with E-state index >= 15 is 0 Å². The summed E-state index contributed by atoms with van der Waals surface area (Å²) >= 11 is 0. The standard InChI is InChI=1S/C15H18N4O/c1-18-12-7-3-2-6-11(12)17-15(18)19-8-4-5-10-13(19)9-16-14(10)20/h2-3,6-7,10,13H,4-5,8-9H2,1H3,(H,16,20)/t10-,13-/m1/s1. The van der Waals surface area contributed by atoms with Gasteiger partial charge in [-0.2, -0.15) is 0 Å². The maximum absolute atomic E-state index is 11.9. The molecule has 0 bridgehead atoms. The minimum atomic E-state index is 0.128. The molecule has 1 aromatic heterocycles. The van der Waals surface area contributed by atoms with Crippen LogP contribution >= 0.6 is 0 Å². The van der Waals surface area contributed by atoms with Crippen molar-refractivity contribution in [1.82, 2.24) is 14.9 Å². The summed E-state index contributed by atoms with van der Waals surface area (Å²) in [6, 6.07) is 8.43. The number of nitrogens with zero attached hydrogens (tertiary/aromatic N) is 3. The van der Waals surface area contributed by atoms with Crippen LogP contribution in [0, 0.1) is 5.92 Å². The second-order valence-corrected chi connectivity index (χ2v) is 5.71. The SMILES string of the molecule is Cn1c(N2CCC[C@H]3C(=O)NC[C@H]32)nc2ccccc21. The fourth-order valence-corrected chi connectivity index (χ4v) is 3.59. The largest absolute Gasteiger partial charge is 0.354 e. The number of amides is 1. The molecule has 5 nitrogen and oxygen atoms in total. The third-order valence-electron chi connectivity index (χ3n) is 4.62. The fraction of sp³-hybridized carbons (Fsp3) is 0.467. The van der Waals surface area contributed by atoms with Gasteiger partial charge in [0.2, 0.25) is 11.9 Å². The average molecular weight is 270 g/mol. The van der Waals surface area contributed by atoms with Crippen molar-refractivity contribution in [3.8, 4) is 0 Å². The number of imidazole rings is 1. The zero-order chi connectivity index (χ0) is 13.7. The summed E-state index contributed by atoms with van der Waals surface area (Å²) in [6.07, 6.45) is 2.05. The van der Waals surface area contributed by atoms with Crippen LogP contribution in [0.3, 0.4) is 0 Å². The van der Waals surface area contributed by atoms with Gasteiger partial charge in [0.1, 0.15) is 0 Å². The molecule has 2 atom stereocenters. The number of aromatic nitrogens is 2. The van der Waals surface area contributed by atoms with Gasteiger partial charge in [-0.25, -0.2) is 4.98 Å². The summed E-state index contributed by atoms with van der Waals surface area (Å²) in [6.45, 7) is 1.72. The van der Waals surface area contributed by atoms with Gasteiger partial charge in [0.25, 0.3) is 0 Å². The van der Waals surface area contributed by atoms with Crippen molar-refractivity contribution in [1.29, 1.82) is 0 Å². The number of rotatable bonds is 1. The van der Waals surface area contributed by atoms with Crippen LogP contribution in [-0.4, -0.2) is 34.6 Å². The first-order valence-corrected chi connectivity index (χ1v) is 7.21. The van der Waals surface area contributed by atoms with Crippen molar-refractivity contribution in [3.63, 3.8) is 0 Å². The van der Waals surface area contributed by atoms with E-state index in [1.54, 1.807) is 0 Å². The molecule has 2 aliphatic heterocycles. The van der Waals surface area contributed by atoms with Gasteiger partial charge >= 0.3 is 0 Å². The number of nitrogens with one attached hydrogen (secondary N) is 1. The molecule has 1 N–H and O–H groups in total. The summed E-state index contributed by atoms with van der Waals surface area (Å²) in [5.74, 6) is 1.32. The van der Waals surface area contributed by atoms with E-state index in [2.05, 4.69) is 27.9 Å². The van der Waals surface area contributed by atoms with Crippen molar-refractivity contribution in [2.75, 3.05) is 18.0 Å². The van der Waals surface area contributed by atoms with E-state index in [9.17, 15) is 4.79 Å². The van der Waals surface area contributed by atoms with Crippen LogP contribution in [0.4, 0.5) is 5.95 Å². The first-order chi connectivity index (χ1) is 9.75. The van der Waals surface area contributed by atoms with Crippen LogP contribution in [0.5, 0.6) is 0 Å². The van der Waals surface area contributed by atoms with Gasteiger partial charge in [-0.15, -0.1) is 0 Å². The Kier molecular flexibility index (Phi) is 2.49. The van der Waals surface area contributed by atoms with Crippen LogP contribution in [0.25, 0.3) is 11.0 Å². The maximum atomic E-state index is 11.9. The van der Waals surface area contributed by atoms with Gasteiger partial charge in [0.05, 0.1) is 23.0 Å². The summed E-state index contributed by atoms with van der Waals surface area (Å²) in [4.78, 5) is 19.0. The van der Waals surface area contributed by atoms with Crippen LogP contribution in [-0.2, 0) is 11.8 Å². The van der Waals surface area contributed by atoms with Gasteiger partial charge in [0, 0.05) is 20.1 Å². The first-order valence-electron chi connectivity index (χ1n) is 7.21. The minimum absolute atomic E-state index is 0.128. The summed E-state index contributed by atoms with van der Waals surface area (Å²) in [5.41, 5.74) is 2.16. The Hall–Kier alpha value is -2.04. The van der Waals surface area contributed by atoms with E-state index in [0.29, 0.717) is 0 Å². The molecule has 20 heavy (non-hydrogen) atoms. The molecule has 1 aromatic carbocycles. The molecule has 0 aliphatic carbocycles. The lowest BCUT2D eigenvalue weighted by atomic mass is 9.92. The highest BCUT2D eigenvalue weighted by molar-refractivity contribution is 5.83. The number of carbonyl (C=O) groups is 1. The molecule has 5 heteroatoms. The van der Waals surface area contributed by atoms with Crippen molar-refractivity contribution >= 4 is 22.9 Å². The quantitative estimate of drug-likeness (QED) is 0.849. The Morgan fingerprint density at radius 1 is 1.35 bits per heavy atom. The number of piperidine rings is 1. The molecule has 2 saturated heterocycles. The molecule has 0 saturated carbocycles. The zero-order valence-electron chi connectivity index (χ0n) is 11.5. The third-order valence-corrected chi connectivity index (χ3v) is 4.62. The molecular weight excluding hydrogens is 252 g/mol. The number of aryl methyl sites for hydroxylation is 1. The highest BCUT2D eigenvalue weighted by Gasteiger charge is 2.42. The highest BCUT2D eigenvalue weighted by atomic mass is 16.2.